The highest BCUT2D eigenvalue weighted by molar-refractivity contribution is 5.46. The number of anilines is 1. The molecule has 0 aliphatic carbocycles. The number of nitrogens with one attached hydrogen (secondary N) is 1. The molecule has 120 valence electrons. The average Bonchev–Trinajstić information content (AvgIpc) is 2.35. The molecule has 0 bridgehead atoms. The fourth-order valence-corrected chi connectivity index (χ4v) is 1.84. The SMILES string of the molecule is CC(C)CNCc1cc(F)cnc1N(C)CCC(F)(F)F. The monoisotopic (exact) mass is 307 g/mol. The van der Waals surface area contributed by atoms with E-state index in [1.165, 1.54) is 18.0 Å². The molecule has 0 spiro atoms. The summed E-state index contributed by atoms with van der Waals surface area (Å²) in [4.78, 5) is 5.32. The zero-order chi connectivity index (χ0) is 16.0. The molecular weight excluding hydrogens is 286 g/mol. The molecule has 0 aliphatic rings. The van der Waals surface area contributed by atoms with Gasteiger partial charge in [0.25, 0.3) is 0 Å². The van der Waals surface area contributed by atoms with Crippen LogP contribution in [0.3, 0.4) is 0 Å². The van der Waals surface area contributed by atoms with Crippen molar-refractivity contribution in [2.45, 2.75) is 33.0 Å². The van der Waals surface area contributed by atoms with Crippen LogP contribution >= 0.6 is 0 Å². The highest BCUT2D eigenvalue weighted by Crippen LogP contribution is 2.23. The topological polar surface area (TPSA) is 28.2 Å². The van der Waals surface area contributed by atoms with E-state index >= 15 is 0 Å². The predicted octanol–water partition coefficient (Wildman–Crippen LogP) is 3.35. The van der Waals surface area contributed by atoms with E-state index in [1.54, 1.807) is 0 Å². The molecule has 0 aromatic carbocycles. The first kappa shape index (κ1) is 17.7. The van der Waals surface area contributed by atoms with E-state index in [9.17, 15) is 17.6 Å². The molecule has 1 heterocycles. The van der Waals surface area contributed by atoms with Crippen molar-refractivity contribution < 1.29 is 17.6 Å². The van der Waals surface area contributed by atoms with Crippen LogP contribution in [0.25, 0.3) is 0 Å². The first-order chi connectivity index (χ1) is 9.69. The maximum atomic E-state index is 13.3. The van der Waals surface area contributed by atoms with E-state index in [0.29, 0.717) is 23.8 Å². The van der Waals surface area contributed by atoms with Crippen molar-refractivity contribution in [2.75, 3.05) is 25.0 Å². The summed E-state index contributed by atoms with van der Waals surface area (Å²) < 4.78 is 50.1. The first-order valence-corrected chi connectivity index (χ1v) is 6.82. The Morgan fingerprint density at radius 2 is 2.00 bits per heavy atom. The van der Waals surface area contributed by atoms with Crippen LogP contribution in [0.1, 0.15) is 25.8 Å². The lowest BCUT2D eigenvalue weighted by Gasteiger charge is -2.22. The molecule has 21 heavy (non-hydrogen) atoms. The zero-order valence-corrected chi connectivity index (χ0v) is 12.5. The summed E-state index contributed by atoms with van der Waals surface area (Å²) in [6.45, 7) is 4.97. The molecule has 0 saturated heterocycles. The van der Waals surface area contributed by atoms with E-state index in [2.05, 4.69) is 10.3 Å². The molecular formula is C14H21F4N3. The summed E-state index contributed by atoms with van der Waals surface area (Å²) in [5, 5.41) is 3.14. The largest absolute Gasteiger partial charge is 0.390 e. The third-order valence-corrected chi connectivity index (χ3v) is 2.87. The van der Waals surface area contributed by atoms with E-state index in [0.717, 1.165) is 12.7 Å². The van der Waals surface area contributed by atoms with Gasteiger partial charge in [-0.25, -0.2) is 9.37 Å². The first-order valence-electron chi connectivity index (χ1n) is 6.82. The molecule has 3 nitrogen and oxygen atoms in total. The van der Waals surface area contributed by atoms with Gasteiger partial charge in [0.1, 0.15) is 11.6 Å². The Balaban J connectivity index is 2.75. The van der Waals surface area contributed by atoms with Gasteiger partial charge in [-0.2, -0.15) is 13.2 Å². The van der Waals surface area contributed by atoms with E-state index in [4.69, 9.17) is 0 Å². The Kier molecular flexibility index (Phi) is 6.39. The number of rotatable bonds is 7. The van der Waals surface area contributed by atoms with Gasteiger partial charge in [-0.1, -0.05) is 13.8 Å². The van der Waals surface area contributed by atoms with Gasteiger partial charge in [-0.15, -0.1) is 0 Å². The third kappa shape index (κ3) is 6.75. The zero-order valence-electron chi connectivity index (χ0n) is 12.5. The minimum atomic E-state index is -4.22. The molecule has 1 aromatic heterocycles. The van der Waals surface area contributed by atoms with Gasteiger partial charge < -0.3 is 10.2 Å². The van der Waals surface area contributed by atoms with E-state index < -0.39 is 18.4 Å². The van der Waals surface area contributed by atoms with Crippen molar-refractivity contribution in [1.29, 1.82) is 0 Å². The molecule has 0 aliphatic heterocycles. The van der Waals surface area contributed by atoms with Crippen LogP contribution in [0.2, 0.25) is 0 Å². The van der Waals surface area contributed by atoms with Crippen molar-refractivity contribution in [1.82, 2.24) is 10.3 Å². The number of halogens is 4. The Hall–Kier alpha value is -1.37. The lowest BCUT2D eigenvalue weighted by Crippen LogP contribution is -2.27. The normalized spacial score (nSPS) is 12.0. The molecule has 1 aromatic rings. The summed E-state index contributed by atoms with van der Waals surface area (Å²) in [7, 11) is 1.53. The number of nitrogens with zero attached hydrogens (tertiary/aromatic N) is 2. The highest BCUT2D eigenvalue weighted by Gasteiger charge is 2.27. The molecule has 0 radical (unpaired) electrons. The van der Waals surface area contributed by atoms with Crippen LogP contribution in [0.15, 0.2) is 12.3 Å². The highest BCUT2D eigenvalue weighted by atomic mass is 19.4. The number of hydrogen-bond donors (Lipinski definition) is 1. The van der Waals surface area contributed by atoms with Gasteiger partial charge >= 0.3 is 6.18 Å². The lowest BCUT2D eigenvalue weighted by molar-refractivity contribution is -0.132. The summed E-state index contributed by atoms with van der Waals surface area (Å²) in [5.74, 6) is 0.305. The van der Waals surface area contributed by atoms with Crippen LogP contribution in [-0.4, -0.2) is 31.3 Å². The van der Waals surface area contributed by atoms with Gasteiger partial charge in [0, 0.05) is 25.7 Å². The second-order valence-electron chi connectivity index (χ2n) is 5.45. The summed E-state index contributed by atoms with van der Waals surface area (Å²) in [5.41, 5.74) is 0.556. The summed E-state index contributed by atoms with van der Waals surface area (Å²) in [6, 6.07) is 1.31. The van der Waals surface area contributed by atoms with Gasteiger partial charge in [0.15, 0.2) is 0 Å². The fourth-order valence-electron chi connectivity index (χ4n) is 1.84. The third-order valence-electron chi connectivity index (χ3n) is 2.87. The van der Waals surface area contributed by atoms with Gasteiger partial charge in [0.05, 0.1) is 12.6 Å². The Morgan fingerprint density at radius 1 is 1.33 bits per heavy atom. The number of aromatic nitrogens is 1. The van der Waals surface area contributed by atoms with Gasteiger partial charge in [0.2, 0.25) is 0 Å². The number of pyridine rings is 1. The quantitative estimate of drug-likeness (QED) is 0.783. The molecule has 1 rings (SSSR count). The lowest BCUT2D eigenvalue weighted by atomic mass is 10.2. The van der Waals surface area contributed by atoms with Crippen molar-refractivity contribution >= 4 is 5.82 Å². The summed E-state index contributed by atoms with van der Waals surface area (Å²) in [6.07, 6.45) is -4.13. The predicted molar refractivity (Wildman–Crippen MR) is 74.7 cm³/mol. The number of hydrogen-bond acceptors (Lipinski definition) is 3. The van der Waals surface area contributed by atoms with Crippen LogP contribution in [0.4, 0.5) is 23.4 Å². The van der Waals surface area contributed by atoms with Gasteiger partial charge in [-0.05, 0) is 18.5 Å². The number of alkyl halides is 3. The molecule has 0 atom stereocenters. The van der Waals surface area contributed by atoms with Crippen LogP contribution in [0, 0.1) is 11.7 Å². The van der Waals surface area contributed by atoms with Crippen molar-refractivity contribution in [3.63, 3.8) is 0 Å². The molecule has 0 saturated carbocycles. The maximum Gasteiger partial charge on any atom is 0.390 e. The van der Waals surface area contributed by atoms with Crippen molar-refractivity contribution in [3.05, 3.63) is 23.6 Å². The maximum absolute atomic E-state index is 13.3. The van der Waals surface area contributed by atoms with E-state index in [1.807, 2.05) is 13.8 Å². The van der Waals surface area contributed by atoms with Crippen molar-refractivity contribution in [2.24, 2.45) is 5.92 Å². The van der Waals surface area contributed by atoms with Crippen LogP contribution < -0.4 is 10.2 Å². The molecule has 1 N–H and O–H groups in total. The Bertz CT molecular complexity index is 446. The Labute approximate surface area is 122 Å². The minimum absolute atomic E-state index is 0.209. The van der Waals surface area contributed by atoms with Crippen LogP contribution in [-0.2, 0) is 6.54 Å². The molecule has 7 heteroatoms. The molecule has 0 fully saturated rings. The summed E-state index contributed by atoms with van der Waals surface area (Å²) >= 11 is 0. The molecule has 0 amide bonds. The fraction of sp³-hybridized carbons (Fsp3) is 0.643. The average molecular weight is 307 g/mol. The minimum Gasteiger partial charge on any atom is -0.359 e. The smallest absolute Gasteiger partial charge is 0.359 e. The molecule has 0 unspecified atom stereocenters. The second kappa shape index (κ2) is 7.59. The second-order valence-corrected chi connectivity index (χ2v) is 5.45. The standard InChI is InChI=1S/C14H21F4N3/c1-10(2)7-19-8-11-6-12(15)9-20-13(11)21(3)5-4-14(16,17)18/h6,9-10,19H,4-5,7-8H2,1-3H3. The van der Waals surface area contributed by atoms with Gasteiger partial charge in [-0.3, -0.25) is 0 Å². The van der Waals surface area contributed by atoms with Crippen molar-refractivity contribution in [3.8, 4) is 0 Å². The van der Waals surface area contributed by atoms with E-state index in [-0.39, 0.29) is 6.54 Å². The Morgan fingerprint density at radius 3 is 2.57 bits per heavy atom. The van der Waals surface area contributed by atoms with Crippen LogP contribution in [0.5, 0.6) is 0 Å².